The molecule has 0 fully saturated rings. The average Bonchev–Trinajstić information content (AvgIpc) is 3.38. The predicted molar refractivity (Wildman–Crippen MR) is 114 cm³/mol. The highest BCUT2D eigenvalue weighted by molar-refractivity contribution is 9.10. The third kappa shape index (κ3) is 3.06. The fourth-order valence-electron chi connectivity index (χ4n) is 3.13. The number of carboxylic acid groups (broad SMARTS) is 1. The van der Waals surface area contributed by atoms with Crippen molar-refractivity contribution in [3.8, 4) is 11.3 Å². The Morgan fingerprint density at radius 2 is 1.93 bits per heavy atom. The van der Waals surface area contributed by atoms with Crippen LogP contribution in [0.4, 0.5) is 0 Å². The maximum atomic E-state index is 12.9. The normalized spacial score (nSPS) is 12.2. The van der Waals surface area contributed by atoms with Crippen LogP contribution >= 0.6 is 27.3 Å². The number of imidazole rings is 1. The van der Waals surface area contributed by atoms with Crippen molar-refractivity contribution in [2.45, 2.75) is 0 Å². The van der Waals surface area contributed by atoms with Crippen LogP contribution in [0.2, 0.25) is 0 Å². The topological polar surface area (TPSA) is 84.8 Å². The van der Waals surface area contributed by atoms with Crippen LogP contribution in [0.1, 0.15) is 16.1 Å². The van der Waals surface area contributed by atoms with Crippen LogP contribution in [0.15, 0.2) is 68.3 Å². The third-order valence-electron chi connectivity index (χ3n) is 4.52. The van der Waals surface area contributed by atoms with Gasteiger partial charge in [0.2, 0.25) is 0 Å². The molecule has 3 heterocycles. The van der Waals surface area contributed by atoms with Gasteiger partial charge in [0.1, 0.15) is 16.1 Å². The van der Waals surface area contributed by atoms with Crippen LogP contribution in [0.5, 0.6) is 0 Å². The van der Waals surface area contributed by atoms with Crippen molar-refractivity contribution in [2.24, 2.45) is 0 Å². The van der Waals surface area contributed by atoms with Crippen LogP contribution < -0.4 is 10.1 Å². The highest BCUT2D eigenvalue weighted by atomic mass is 79.9. The van der Waals surface area contributed by atoms with E-state index in [1.54, 1.807) is 34.7 Å². The van der Waals surface area contributed by atoms with Crippen molar-refractivity contribution >= 4 is 55.3 Å². The molecule has 0 aliphatic carbocycles. The molecule has 0 unspecified atom stereocenters. The van der Waals surface area contributed by atoms with Gasteiger partial charge in [-0.15, -0.1) is 0 Å². The molecule has 0 aliphatic heterocycles. The first-order valence-corrected chi connectivity index (χ1v) is 10.2. The number of furan rings is 1. The minimum absolute atomic E-state index is 0.140. The quantitative estimate of drug-likeness (QED) is 0.431. The van der Waals surface area contributed by atoms with Crippen molar-refractivity contribution in [3.63, 3.8) is 0 Å². The van der Waals surface area contributed by atoms with E-state index in [0.29, 0.717) is 21.0 Å². The number of carbonyl (C=O) groups is 1. The van der Waals surface area contributed by atoms with Crippen molar-refractivity contribution in [1.29, 1.82) is 0 Å². The minimum Gasteiger partial charge on any atom is -0.478 e. The summed E-state index contributed by atoms with van der Waals surface area (Å²) >= 11 is 4.72. The average molecular weight is 467 g/mol. The molecule has 5 rings (SSSR count). The van der Waals surface area contributed by atoms with E-state index in [1.165, 1.54) is 23.5 Å². The Kier molecular flexibility index (Phi) is 4.11. The van der Waals surface area contributed by atoms with Gasteiger partial charge in [-0.05, 0) is 42.5 Å². The summed E-state index contributed by atoms with van der Waals surface area (Å²) in [7, 11) is 0. The molecule has 0 spiro atoms. The van der Waals surface area contributed by atoms with Gasteiger partial charge >= 0.3 is 5.97 Å². The van der Waals surface area contributed by atoms with Crippen LogP contribution in [0, 0.1) is 0 Å². The van der Waals surface area contributed by atoms with Gasteiger partial charge in [0.05, 0.1) is 16.6 Å². The zero-order valence-electron chi connectivity index (χ0n) is 14.6. The lowest BCUT2D eigenvalue weighted by Gasteiger charge is -1.98. The molecule has 5 aromatic rings. The fraction of sp³-hybridized carbons (Fsp3) is 0. The Morgan fingerprint density at radius 1 is 1.14 bits per heavy atom. The van der Waals surface area contributed by atoms with E-state index in [1.807, 2.05) is 18.2 Å². The molecule has 8 heteroatoms. The Hall–Kier alpha value is -3.23. The molecule has 0 aliphatic rings. The van der Waals surface area contributed by atoms with Gasteiger partial charge in [-0.25, -0.2) is 14.2 Å². The molecule has 29 heavy (non-hydrogen) atoms. The molecule has 142 valence electrons. The number of aromatic nitrogens is 2. The van der Waals surface area contributed by atoms with Crippen molar-refractivity contribution < 1.29 is 14.3 Å². The molecule has 0 radical (unpaired) electrons. The van der Waals surface area contributed by atoms with E-state index in [-0.39, 0.29) is 11.1 Å². The summed E-state index contributed by atoms with van der Waals surface area (Å²) in [6, 6.07) is 15.6. The van der Waals surface area contributed by atoms with E-state index in [9.17, 15) is 9.59 Å². The van der Waals surface area contributed by atoms with Gasteiger partial charge < -0.3 is 9.52 Å². The van der Waals surface area contributed by atoms with Gasteiger partial charge in [-0.2, -0.15) is 0 Å². The van der Waals surface area contributed by atoms with Gasteiger partial charge in [-0.1, -0.05) is 39.4 Å². The second-order valence-corrected chi connectivity index (χ2v) is 8.29. The van der Waals surface area contributed by atoms with E-state index in [0.717, 1.165) is 21.1 Å². The van der Waals surface area contributed by atoms with Crippen LogP contribution in [0.3, 0.4) is 0 Å². The summed E-state index contributed by atoms with van der Waals surface area (Å²) < 4.78 is 8.88. The Morgan fingerprint density at radius 3 is 2.69 bits per heavy atom. The first kappa shape index (κ1) is 17.8. The summed E-state index contributed by atoms with van der Waals surface area (Å²) in [4.78, 5) is 29.0. The van der Waals surface area contributed by atoms with Crippen molar-refractivity contribution in [1.82, 2.24) is 9.38 Å². The van der Waals surface area contributed by atoms with Crippen molar-refractivity contribution in [2.75, 3.05) is 0 Å². The number of rotatable bonds is 3. The smallest absolute Gasteiger partial charge is 0.335 e. The third-order valence-corrected chi connectivity index (χ3v) is 5.98. The largest absolute Gasteiger partial charge is 0.478 e. The number of thiazole rings is 1. The lowest BCUT2D eigenvalue weighted by molar-refractivity contribution is 0.0697. The van der Waals surface area contributed by atoms with Gasteiger partial charge in [0.15, 0.2) is 4.96 Å². The first-order chi connectivity index (χ1) is 14.0. The maximum absolute atomic E-state index is 12.9. The van der Waals surface area contributed by atoms with E-state index in [2.05, 4.69) is 20.9 Å². The number of aromatic carboxylic acids is 1. The SMILES string of the molecule is O=C(O)c1ccc(-c2ccc(C=c3sc4nc5cc(Br)ccc5n4c3=O)o2)cc1. The summed E-state index contributed by atoms with van der Waals surface area (Å²) in [6.07, 6.45) is 1.70. The fourth-order valence-corrected chi connectivity index (χ4v) is 4.45. The van der Waals surface area contributed by atoms with E-state index >= 15 is 0 Å². The number of hydrogen-bond acceptors (Lipinski definition) is 5. The van der Waals surface area contributed by atoms with Gasteiger partial charge in [-0.3, -0.25) is 4.79 Å². The summed E-state index contributed by atoms with van der Waals surface area (Å²) in [5.41, 5.74) is 2.36. The van der Waals surface area contributed by atoms with E-state index in [4.69, 9.17) is 9.52 Å². The van der Waals surface area contributed by atoms with Crippen LogP contribution in [0.25, 0.3) is 33.4 Å². The Labute approximate surface area is 175 Å². The number of fused-ring (bicyclic) bond motifs is 3. The maximum Gasteiger partial charge on any atom is 0.335 e. The van der Waals surface area contributed by atoms with Crippen molar-refractivity contribution in [3.05, 3.63) is 85.3 Å². The highest BCUT2D eigenvalue weighted by Gasteiger charge is 2.12. The highest BCUT2D eigenvalue weighted by Crippen LogP contribution is 2.24. The van der Waals surface area contributed by atoms with Crippen LogP contribution in [-0.2, 0) is 0 Å². The number of benzene rings is 2. The molecule has 3 aromatic heterocycles. The first-order valence-electron chi connectivity index (χ1n) is 8.55. The minimum atomic E-state index is -0.976. The molecule has 6 nitrogen and oxygen atoms in total. The molecule has 0 atom stereocenters. The van der Waals surface area contributed by atoms with Gasteiger partial charge in [0, 0.05) is 16.1 Å². The predicted octanol–water partition coefficient (Wildman–Crippen LogP) is 4.18. The van der Waals surface area contributed by atoms with E-state index < -0.39 is 5.97 Å². The molecule has 1 N–H and O–H groups in total. The molecular weight excluding hydrogens is 456 g/mol. The zero-order chi connectivity index (χ0) is 20.1. The molecule has 2 aromatic carbocycles. The lowest BCUT2D eigenvalue weighted by atomic mass is 10.1. The second-order valence-electron chi connectivity index (χ2n) is 6.36. The zero-order valence-corrected chi connectivity index (χ0v) is 17.0. The van der Waals surface area contributed by atoms with Crippen LogP contribution in [-0.4, -0.2) is 20.5 Å². The second kappa shape index (κ2) is 6.68. The summed E-state index contributed by atoms with van der Waals surface area (Å²) in [5.74, 6) is 0.156. The lowest BCUT2D eigenvalue weighted by Crippen LogP contribution is -2.22. The Bertz CT molecular complexity index is 1510. The Balaban J connectivity index is 1.56. The molecular formula is C21H11BrN2O4S. The molecule has 0 bridgehead atoms. The number of halogens is 1. The molecule has 0 saturated heterocycles. The molecule has 0 saturated carbocycles. The number of hydrogen-bond donors (Lipinski definition) is 1. The number of nitrogens with zero attached hydrogens (tertiary/aromatic N) is 2. The summed E-state index contributed by atoms with van der Waals surface area (Å²) in [5, 5.41) is 9.00. The monoisotopic (exact) mass is 466 g/mol. The van der Waals surface area contributed by atoms with Gasteiger partial charge in [0.25, 0.3) is 5.56 Å². The summed E-state index contributed by atoms with van der Waals surface area (Å²) in [6.45, 7) is 0. The number of carboxylic acids is 1. The molecule has 0 amide bonds. The standard InChI is InChI=1S/C21H11BrN2O4S/c22-13-5-7-16-15(9-13)23-21-24(16)19(25)18(29-21)10-14-6-8-17(28-14)11-1-3-12(4-2-11)20(26)27/h1-10H,(H,26,27).